The van der Waals surface area contributed by atoms with Crippen molar-refractivity contribution in [3.63, 3.8) is 0 Å². The molecule has 1 unspecified atom stereocenters. The highest BCUT2D eigenvalue weighted by Gasteiger charge is 2.24. The standard InChI is InChI=1S/C8H16N2O3/c1-9-2-3-10(5-8(12)13)4-7(9)6-11/h7,11H,2-6H2,1H3,(H,12,13). The number of aliphatic hydroxyl groups is 1. The highest BCUT2D eigenvalue weighted by Crippen LogP contribution is 2.06. The molecule has 5 nitrogen and oxygen atoms in total. The molecule has 5 heteroatoms. The molecule has 0 saturated carbocycles. The molecule has 1 aliphatic heterocycles. The summed E-state index contributed by atoms with van der Waals surface area (Å²) in [5.74, 6) is -0.804. The highest BCUT2D eigenvalue weighted by molar-refractivity contribution is 5.69. The Kier molecular flexibility index (Phi) is 3.65. The molecule has 76 valence electrons. The van der Waals surface area contributed by atoms with Crippen LogP contribution in [-0.2, 0) is 4.79 Å². The van der Waals surface area contributed by atoms with Gasteiger partial charge in [0, 0.05) is 25.7 Å². The summed E-state index contributed by atoms with van der Waals surface area (Å²) in [5.41, 5.74) is 0. The number of carbonyl (C=O) groups is 1. The lowest BCUT2D eigenvalue weighted by atomic mass is 10.2. The summed E-state index contributed by atoms with van der Waals surface area (Å²) in [6.45, 7) is 2.38. The SMILES string of the molecule is CN1CCN(CC(=O)O)CC1CO. The minimum Gasteiger partial charge on any atom is -0.480 e. The van der Waals surface area contributed by atoms with Gasteiger partial charge in [0.25, 0.3) is 0 Å². The van der Waals surface area contributed by atoms with Crippen LogP contribution in [0.25, 0.3) is 0 Å². The van der Waals surface area contributed by atoms with E-state index in [1.54, 1.807) is 0 Å². The summed E-state index contributed by atoms with van der Waals surface area (Å²) in [7, 11) is 1.94. The van der Waals surface area contributed by atoms with Gasteiger partial charge in [-0.1, -0.05) is 0 Å². The normalized spacial score (nSPS) is 26.2. The number of aliphatic hydroxyl groups excluding tert-OH is 1. The molecule has 0 bridgehead atoms. The number of hydrogen-bond acceptors (Lipinski definition) is 4. The summed E-state index contributed by atoms with van der Waals surface area (Å²) in [5, 5.41) is 17.6. The van der Waals surface area contributed by atoms with Crippen LogP contribution >= 0.6 is 0 Å². The van der Waals surface area contributed by atoms with Crippen LogP contribution in [0.4, 0.5) is 0 Å². The topological polar surface area (TPSA) is 64.0 Å². The first kappa shape index (κ1) is 10.4. The first-order valence-electron chi connectivity index (χ1n) is 4.38. The van der Waals surface area contributed by atoms with Gasteiger partial charge in [0.2, 0.25) is 0 Å². The van der Waals surface area contributed by atoms with Crippen LogP contribution in [0, 0.1) is 0 Å². The molecule has 1 aliphatic rings. The first-order valence-corrected chi connectivity index (χ1v) is 4.38. The number of likely N-dealkylation sites (N-methyl/N-ethyl adjacent to an activating group) is 1. The summed E-state index contributed by atoms with van der Waals surface area (Å²) < 4.78 is 0. The Morgan fingerprint density at radius 2 is 2.23 bits per heavy atom. The predicted molar refractivity (Wildman–Crippen MR) is 47.6 cm³/mol. The average Bonchev–Trinajstić information content (AvgIpc) is 2.07. The van der Waals surface area contributed by atoms with Crippen LogP contribution in [0.15, 0.2) is 0 Å². The van der Waals surface area contributed by atoms with Crippen molar-refractivity contribution in [2.24, 2.45) is 0 Å². The Labute approximate surface area is 77.6 Å². The fourth-order valence-electron chi connectivity index (χ4n) is 1.54. The molecule has 0 aromatic heterocycles. The Balaban J connectivity index is 2.40. The molecule has 1 saturated heterocycles. The van der Waals surface area contributed by atoms with Gasteiger partial charge in [-0.05, 0) is 7.05 Å². The van der Waals surface area contributed by atoms with E-state index in [9.17, 15) is 4.79 Å². The maximum atomic E-state index is 10.4. The van der Waals surface area contributed by atoms with Gasteiger partial charge in [0.15, 0.2) is 0 Å². The molecule has 0 aliphatic carbocycles. The Bertz CT molecular complexity index is 186. The van der Waals surface area contributed by atoms with Crippen LogP contribution in [0.5, 0.6) is 0 Å². The maximum Gasteiger partial charge on any atom is 0.317 e. The van der Waals surface area contributed by atoms with E-state index >= 15 is 0 Å². The number of carboxylic acid groups (broad SMARTS) is 1. The molecule has 0 aromatic carbocycles. The molecule has 2 N–H and O–H groups in total. The van der Waals surface area contributed by atoms with E-state index in [2.05, 4.69) is 4.90 Å². The van der Waals surface area contributed by atoms with E-state index in [-0.39, 0.29) is 19.2 Å². The third kappa shape index (κ3) is 2.95. The van der Waals surface area contributed by atoms with Gasteiger partial charge in [0.1, 0.15) is 0 Å². The Morgan fingerprint density at radius 1 is 1.54 bits per heavy atom. The quantitative estimate of drug-likeness (QED) is 0.575. The van der Waals surface area contributed by atoms with Crippen molar-refractivity contribution in [1.29, 1.82) is 0 Å². The van der Waals surface area contributed by atoms with Crippen LogP contribution in [-0.4, -0.2) is 71.9 Å². The molecule has 0 aromatic rings. The van der Waals surface area contributed by atoms with Crippen molar-refractivity contribution >= 4 is 5.97 Å². The van der Waals surface area contributed by atoms with Crippen molar-refractivity contribution in [3.05, 3.63) is 0 Å². The van der Waals surface area contributed by atoms with Crippen molar-refractivity contribution in [2.45, 2.75) is 6.04 Å². The highest BCUT2D eigenvalue weighted by atomic mass is 16.4. The van der Waals surface area contributed by atoms with Crippen molar-refractivity contribution in [1.82, 2.24) is 9.80 Å². The molecular weight excluding hydrogens is 172 g/mol. The monoisotopic (exact) mass is 188 g/mol. The molecular formula is C8H16N2O3. The maximum absolute atomic E-state index is 10.4. The van der Waals surface area contributed by atoms with Crippen molar-refractivity contribution in [3.8, 4) is 0 Å². The predicted octanol–water partition coefficient (Wildman–Crippen LogP) is -1.32. The number of nitrogens with zero attached hydrogens (tertiary/aromatic N) is 2. The molecule has 13 heavy (non-hydrogen) atoms. The lowest BCUT2D eigenvalue weighted by molar-refractivity contribution is -0.139. The molecule has 0 radical (unpaired) electrons. The largest absolute Gasteiger partial charge is 0.480 e. The molecule has 0 amide bonds. The number of aliphatic carboxylic acids is 1. The van der Waals surface area contributed by atoms with E-state index in [4.69, 9.17) is 10.2 Å². The second-order valence-corrected chi connectivity index (χ2v) is 3.45. The fraction of sp³-hybridized carbons (Fsp3) is 0.875. The van der Waals surface area contributed by atoms with Crippen molar-refractivity contribution in [2.75, 3.05) is 39.8 Å². The van der Waals surface area contributed by atoms with Gasteiger partial charge in [0.05, 0.1) is 13.2 Å². The molecule has 1 rings (SSSR count). The van der Waals surface area contributed by atoms with Gasteiger partial charge in [-0.15, -0.1) is 0 Å². The van der Waals surface area contributed by atoms with Crippen LogP contribution in [0.2, 0.25) is 0 Å². The second kappa shape index (κ2) is 4.55. The number of carboxylic acids is 1. The fourth-order valence-corrected chi connectivity index (χ4v) is 1.54. The molecule has 1 fully saturated rings. The Hall–Kier alpha value is -0.650. The van der Waals surface area contributed by atoms with E-state index in [0.717, 1.165) is 13.1 Å². The van der Waals surface area contributed by atoms with Crippen molar-refractivity contribution < 1.29 is 15.0 Å². The van der Waals surface area contributed by atoms with E-state index in [0.29, 0.717) is 6.54 Å². The third-order valence-electron chi connectivity index (χ3n) is 2.43. The van der Waals surface area contributed by atoms with Crippen LogP contribution < -0.4 is 0 Å². The number of piperazine rings is 1. The molecule has 1 heterocycles. The van der Waals surface area contributed by atoms with Gasteiger partial charge in [-0.3, -0.25) is 14.6 Å². The zero-order valence-corrected chi connectivity index (χ0v) is 7.81. The minimum absolute atomic E-state index is 0.0737. The van der Waals surface area contributed by atoms with Gasteiger partial charge in [-0.25, -0.2) is 0 Å². The molecule has 1 atom stereocenters. The van der Waals surface area contributed by atoms with Gasteiger partial charge >= 0.3 is 5.97 Å². The molecule has 0 spiro atoms. The zero-order valence-electron chi connectivity index (χ0n) is 7.81. The summed E-state index contributed by atoms with van der Waals surface area (Å²) in [6, 6.07) is 0.0769. The summed E-state index contributed by atoms with van der Waals surface area (Å²) in [4.78, 5) is 14.3. The smallest absolute Gasteiger partial charge is 0.317 e. The van der Waals surface area contributed by atoms with Gasteiger partial charge in [-0.2, -0.15) is 0 Å². The minimum atomic E-state index is -0.804. The summed E-state index contributed by atoms with van der Waals surface area (Å²) >= 11 is 0. The Morgan fingerprint density at radius 3 is 2.77 bits per heavy atom. The number of hydrogen-bond donors (Lipinski definition) is 2. The van der Waals surface area contributed by atoms with E-state index in [1.807, 2.05) is 11.9 Å². The first-order chi connectivity index (χ1) is 6.13. The van der Waals surface area contributed by atoms with E-state index < -0.39 is 5.97 Å². The van der Waals surface area contributed by atoms with Gasteiger partial charge < -0.3 is 10.2 Å². The second-order valence-electron chi connectivity index (χ2n) is 3.45. The average molecular weight is 188 g/mol. The number of rotatable bonds is 3. The van der Waals surface area contributed by atoms with Crippen LogP contribution in [0.1, 0.15) is 0 Å². The third-order valence-corrected chi connectivity index (χ3v) is 2.43. The lowest BCUT2D eigenvalue weighted by Crippen LogP contribution is -2.53. The van der Waals surface area contributed by atoms with E-state index in [1.165, 1.54) is 0 Å². The van der Waals surface area contributed by atoms with Crippen LogP contribution in [0.3, 0.4) is 0 Å². The lowest BCUT2D eigenvalue weighted by Gasteiger charge is -2.37. The summed E-state index contributed by atoms with van der Waals surface area (Å²) in [6.07, 6.45) is 0. The zero-order chi connectivity index (χ0) is 9.84.